The zero-order valence-electron chi connectivity index (χ0n) is 19.6. The van der Waals surface area contributed by atoms with Crippen LogP contribution in [0.15, 0.2) is 67.1 Å². The second kappa shape index (κ2) is 9.33. The van der Waals surface area contributed by atoms with Gasteiger partial charge < -0.3 is 10.6 Å². The molecule has 36 heavy (non-hydrogen) atoms. The van der Waals surface area contributed by atoms with Crippen molar-refractivity contribution < 1.29 is 18.8 Å². The number of fused-ring (bicyclic) bond motifs is 1. The maximum Gasteiger partial charge on any atom is 0.254 e. The monoisotopic (exact) mass is 485 g/mol. The number of nitrogens with one attached hydrogen (secondary N) is 2. The van der Waals surface area contributed by atoms with Crippen molar-refractivity contribution in [2.45, 2.75) is 31.7 Å². The van der Waals surface area contributed by atoms with Gasteiger partial charge in [0.1, 0.15) is 5.82 Å². The Labute approximate surface area is 206 Å². The predicted molar refractivity (Wildman–Crippen MR) is 131 cm³/mol. The van der Waals surface area contributed by atoms with Gasteiger partial charge in [0.05, 0.1) is 41.2 Å². The van der Waals surface area contributed by atoms with Crippen molar-refractivity contribution in [2.24, 2.45) is 0 Å². The molecule has 1 fully saturated rings. The molecule has 2 aromatic heterocycles. The van der Waals surface area contributed by atoms with E-state index < -0.39 is 5.54 Å². The molecule has 182 valence electrons. The van der Waals surface area contributed by atoms with Gasteiger partial charge in [-0.25, -0.2) is 9.07 Å². The molecule has 0 aliphatic heterocycles. The topological polar surface area (TPSA) is 106 Å². The summed E-state index contributed by atoms with van der Waals surface area (Å²) in [6, 6.07) is 13.0. The van der Waals surface area contributed by atoms with Crippen molar-refractivity contribution in [1.82, 2.24) is 25.4 Å². The molecule has 0 unspecified atom stereocenters. The van der Waals surface area contributed by atoms with Crippen molar-refractivity contribution >= 4 is 28.5 Å². The number of carbonyl (C=O) groups is 3. The molecule has 1 aliphatic carbocycles. The molecule has 5 rings (SSSR count). The Morgan fingerprint density at radius 3 is 2.53 bits per heavy atom. The van der Waals surface area contributed by atoms with Gasteiger partial charge in [-0.2, -0.15) is 5.10 Å². The highest BCUT2D eigenvalue weighted by atomic mass is 19.1. The molecule has 0 spiro atoms. The number of rotatable bonds is 8. The van der Waals surface area contributed by atoms with E-state index in [2.05, 4.69) is 20.7 Å². The van der Waals surface area contributed by atoms with Gasteiger partial charge in [-0.05, 0) is 54.8 Å². The van der Waals surface area contributed by atoms with E-state index in [0.717, 1.165) is 18.4 Å². The molecule has 8 nitrogen and oxygen atoms in total. The first-order valence-corrected chi connectivity index (χ1v) is 11.7. The van der Waals surface area contributed by atoms with E-state index in [4.69, 9.17) is 0 Å². The van der Waals surface area contributed by atoms with Crippen LogP contribution >= 0.6 is 0 Å². The molecule has 9 heteroatoms. The molecular weight excluding hydrogens is 461 g/mol. The van der Waals surface area contributed by atoms with Crippen LogP contribution in [0.2, 0.25) is 0 Å². The van der Waals surface area contributed by atoms with Gasteiger partial charge in [0.25, 0.3) is 11.8 Å². The molecule has 2 aromatic carbocycles. The van der Waals surface area contributed by atoms with Gasteiger partial charge in [0.15, 0.2) is 5.78 Å². The largest absolute Gasteiger partial charge is 0.345 e. The van der Waals surface area contributed by atoms with Crippen molar-refractivity contribution in [3.05, 3.63) is 89.6 Å². The van der Waals surface area contributed by atoms with Gasteiger partial charge in [0, 0.05) is 23.6 Å². The highest BCUT2D eigenvalue weighted by molar-refractivity contribution is 6.06. The van der Waals surface area contributed by atoms with E-state index in [1.807, 2.05) is 6.07 Å². The lowest BCUT2D eigenvalue weighted by Gasteiger charge is -2.19. The minimum atomic E-state index is -0.582. The minimum Gasteiger partial charge on any atom is -0.345 e. The second-order valence-corrected chi connectivity index (χ2v) is 8.84. The smallest absolute Gasteiger partial charge is 0.254 e. The number of nitrogens with zero attached hydrogens (tertiary/aromatic N) is 3. The Morgan fingerprint density at radius 1 is 1.03 bits per heavy atom. The highest BCUT2D eigenvalue weighted by Gasteiger charge is 2.46. The molecule has 0 bridgehead atoms. The number of ketones is 1. The molecular formula is C27H24FN5O3. The Hall–Kier alpha value is -4.40. The first-order chi connectivity index (χ1) is 17.4. The molecule has 0 radical (unpaired) electrons. The molecule has 2 N–H and O–H groups in total. The highest BCUT2D eigenvalue weighted by Crippen LogP contribution is 2.46. The van der Waals surface area contributed by atoms with Crippen LogP contribution in [0, 0.1) is 5.82 Å². The quantitative estimate of drug-likeness (QED) is 0.396. The Morgan fingerprint density at radius 2 is 1.81 bits per heavy atom. The van der Waals surface area contributed by atoms with Crippen molar-refractivity contribution in [3.63, 3.8) is 0 Å². The Bertz CT molecular complexity index is 1470. The summed E-state index contributed by atoms with van der Waals surface area (Å²) in [4.78, 5) is 41.6. The first-order valence-electron chi connectivity index (χ1n) is 11.7. The first kappa shape index (κ1) is 23.3. The number of pyridine rings is 1. The van der Waals surface area contributed by atoms with Crippen molar-refractivity contribution in [1.29, 1.82) is 0 Å². The third kappa shape index (κ3) is 4.47. The lowest BCUT2D eigenvalue weighted by Crippen LogP contribution is -2.35. The fraction of sp³-hybridized carbons (Fsp3) is 0.222. The van der Waals surface area contributed by atoms with Crippen molar-refractivity contribution in [2.75, 3.05) is 6.54 Å². The predicted octanol–water partition coefficient (Wildman–Crippen LogP) is 3.69. The Balaban J connectivity index is 1.38. The number of hydrogen-bond acceptors (Lipinski definition) is 5. The van der Waals surface area contributed by atoms with E-state index in [1.54, 1.807) is 54.3 Å². The molecule has 2 amide bonds. The third-order valence-electron chi connectivity index (χ3n) is 6.43. The standard InChI is InChI=1S/C27H24FN5O3/c1-2-21(34)13-30-25(35)17-4-3-5-18(12-17)27(10-11-27)32-26(36)23-14-29-16-24-22(23)15-31-33(24)20-8-6-19(28)7-9-20/h3-9,12,14-16H,2,10-11,13H2,1H3,(H,30,35)(H,32,36). The fourth-order valence-corrected chi connectivity index (χ4v) is 4.17. The normalized spacial score (nSPS) is 13.8. The summed E-state index contributed by atoms with van der Waals surface area (Å²) in [6.07, 6.45) is 6.53. The van der Waals surface area contributed by atoms with Crippen LogP contribution in [0.1, 0.15) is 52.5 Å². The van der Waals surface area contributed by atoms with Crippen LogP contribution in [0.4, 0.5) is 4.39 Å². The van der Waals surface area contributed by atoms with E-state index in [0.29, 0.717) is 34.1 Å². The number of hydrogen-bond donors (Lipinski definition) is 2. The van der Waals surface area contributed by atoms with Gasteiger partial charge in [-0.1, -0.05) is 19.1 Å². The third-order valence-corrected chi connectivity index (χ3v) is 6.43. The van der Waals surface area contributed by atoms with E-state index in [9.17, 15) is 18.8 Å². The summed E-state index contributed by atoms with van der Waals surface area (Å²) < 4.78 is 14.9. The van der Waals surface area contributed by atoms with E-state index >= 15 is 0 Å². The average molecular weight is 486 g/mol. The van der Waals surface area contributed by atoms with Crippen LogP contribution in [-0.4, -0.2) is 38.9 Å². The number of aromatic nitrogens is 3. The van der Waals surface area contributed by atoms with Crippen LogP contribution in [0.25, 0.3) is 16.6 Å². The van der Waals surface area contributed by atoms with Crippen LogP contribution in [-0.2, 0) is 10.3 Å². The Kier molecular flexibility index (Phi) is 6.05. The number of Topliss-reactive ketones (excluding diaryl/α,β-unsaturated/α-hetero) is 1. The van der Waals surface area contributed by atoms with Crippen molar-refractivity contribution in [3.8, 4) is 5.69 Å². The number of amides is 2. The molecule has 0 saturated heterocycles. The molecule has 0 atom stereocenters. The molecule has 1 saturated carbocycles. The van der Waals surface area contributed by atoms with Crippen LogP contribution < -0.4 is 10.6 Å². The maximum absolute atomic E-state index is 13.4. The fourth-order valence-electron chi connectivity index (χ4n) is 4.17. The summed E-state index contributed by atoms with van der Waals surface area (Å²) in [6.45, 7) is 1.74. The zero-order chi connectivity index (χ0) is 25.3. The number of carbonyl (C=O) groups excluding carboxylic acids is 3. The minimum absolute atomic E-state index is 0.00987. The number of halogens is 1. The summed E-state index contributed by atoms with van der Waals surface area (Å²) in [5, 5.41) is 10.8. The number of benzene rings is 2. The summed E-state index contributed by atoms with van der Waals surface area (Å²) >= 11 is 0. The summed E-state index contributed by atoms with van der Waals surface area (Å²) in [5.74, 6) is -1.02. The molecule has 4 aromatic rings. The average Bonchev–Trinajstić information content (AvgIpc) is 3.56. The molecule has 1 aliphatic rings. The summed E-state index contributed by atoms with van der Waals surface area (Å²) in [5.41, 5.74) is 2.33. The van der Waals surface area contributed by atoms with Gasteiger partial charge in [0.2, 0.25) is 0 Å². The van der Waals surface area contributed by atoms with Crippen LogP contribution in [0.5, 0.6) is 0 Å². The zero-order valence-corrected chi connectivity index (χ0v) is 19.6. The maximum atomic E-state index is 13.4. The second-order valence-electron chi connectivity index (χ2n) is 8.84. The van der Waals surface area contributed by atoms with Crippen LogP contribution in [0.3, 0.4) is 0 Å². The van der Waals surface area contributed by atoms with Gasteiger partial charge in [-0.15, -0.1) is 0 Å². The molecule has 2 heterocycles. The lowest BCUT2D eigenvalue weighted by atomic mass is 10.0. The van der Waals surface area contributed by atoms with E-state index in [-0.39, 0.29) is 30.0 Å². The SMILES string of the molecule is CCC(=O)CNC(=O)c1cccc(C2(NC(=O)c3cncc4c3cnn4-c3ccc(F)cc3)CC2)c1. The lowest BCUT2D eigenvalue weighted by molar-refractivity contribution is -0.117. The van der Waals surface area contributed by atoms with Gasteiger partial charge >= 0.3 is 0 Å². The van der Waals surface area contributed by atoms with Gasteiger partial charge in [-0.3, -0.25) is 19.4 Å². The summed E-state index contributed by atoms with van der Waals surface area (Å²) in [7, 11) is 0. The van der Waals surface area contributed by atoms with E-state index in [1.165, 1.54) is 18.3 Å².